The van der Waals surface area contributed by atoms with E-state index >= 15 is 0 Å². The number of aromatic nitrogens is 2. The number of aryl methyl sites for hydroxylation is 1. The molecule has 2 aromatic carbocycles. The molecular weight excluding hydrogens is 422 g/mol. The standard InChI is InChI=1S/C18H14FIN2S/c1-11-14-4-2-3-5-17(14)22(23-20)18(11)8-12-10-21-16-9-13(19)6-7-15(12)16/h2-7,9-10,21H,8H2,1H3. The van der Waals surface area contributed by atoms with Crippen LogP contribution in [0.5, 0.6) is 0 Å². The number of nitrogens with one attached hydrogen (secondary N) is 1. The lowest BCUT2D eigenvalue weighted by Gasteiger charge is -2.06. The van der Waals surface area contributed by atoms with E-state index in [0.29, 0.717) is 0 Å². The van der Waals surface area contributed by atoms with Crippen LogP contribution < -0.4 is 0 Å². The molecule has 2 aromatic heterocycles. The summed E-state index contributed by atoms with van der Waals surface area (Å²) in [4.78, 5) is 3.18. The molecule has 0 aliphatic rings. The third-order valence-electron chi connectivity index (χ3n) is 4.36. The van der Waals surface area contributed by atoms with Crippen molar-refractivity contribution in [3.8, 4) is 0 Å². The van der Waals surface area contributed by atoms with Gasteiger partial charge in [-0.25, -0.2) is 4.39 Å². The zero-order chi connectivity index (χ0) is 16.0. The molecule has 0 saturated carbocycles. The van der Waals surface area contributed by atoms with E-state index in [0.717, 1.165) is 17.3 Å². The SMILES string of the molecule is Cc1c(Cc2c[nH]c3cc(F)ccc23)n(SI)c2ccccc12. The van der Waals surface area contributed by atoms with E-state index in [4.69, 9.17) is 0 Å². The summed E-state index contributed by atoms with van der Waals surface area (Å²) in [6.07, 6.45) is 2.81. The summed E-state index contributed by atoms with van der Waals surface area (Å²) in [7, 11) is 1.69. The van der Waals surface area contributed by atoms with Crippen LogP contribution in [0.2, 0.25) is 0 Å². The molecule has 0 atom stereocenters. The van der Waals surface area contributed by atoms with E-state index in [1.54, 1.807) is 15.2 Å². The van der Waals surface area contributed by atoms with Crippen LogP contribution in [0.3, 0.4) is 0 Å². The quantitative estimate of drug-likeness (QED) is 0.391. The smallest absolute Gasteiger partial charge is 0.125 e. The van der Waals surface area contributed by atoms with E-state index in [9.17, 15) is 4.39 Å². The Hall–Kier alpha value is -1.47. The maximum atomic E-state index is 13.4. The van der Waals surface area contributed by atoms with Gasteiger partial charge in [0.1, 0.15) is 5.82 Å². The van der Waals surface area contributed by atoms with E-state index in [1.165, 1.54) is 33.8 Å². The number of hydrogen-bond acceptors (Lipinski definition) is 1. The normalized spacial score (nSPS) is 11.6. The molecule has 4 aromatic rings. The fraction of sp³-hybridized carbons (Fsp3) is 0.111. The van der Waals surface area contributed by atoms with Gasteiger partial charge in [-0.15, -0.1) is 0 Å². The summed E-state index contributed by atoms with van der Waals surface area (Å²) in [6, 6.07) is 13.4. The molecule has 0 amide bonds. The van der Waals surface area contributed by atoms with Gasteiger partial charge in [-0.2, -0.15) is 0 Å². The van der Waals surface area contributed by atoms with Crippen molar-refractivity contribution in [3.05, 3.63) is 71.3 Å². The molecule has 0 saturated heterocycles. The highest BCUT2D eigenvalue weighted by Crippen LogP contribution is 2.34. The molecule has 2 nitrogen and oxygen atoms in total. The van der Waals surface area contributed by atoms with Crippen LogP contribution in [-0.2, 0) is 6.42 Å². The Bertz CT molecular complexity index is 1020. The van der Waals surface area contributed by atoms with Gasteiger partial charge in [0.2, 0.25) is 0 Å². The number of fused-ring (bicyclic) bond motifs is 2. The van der Waals surface area contributed by atoms with Gasteiger partial charge in [-0.1, -0.05) is 18.2 Å². The predicted octanol–water partition coefficient (Wildman–Crippen LogP) is 6.01. The lowest BCUT2D eigenvalue weighted by atomic mass is 10.1. The molecule has 2 heterocycles. The van der Waals surface area contributed by atoms with E-state index in [2.05, 4.69) is 61.4 Å². The Labute approximate surface area is 149 Å². The average molecular weight is 436 g/mol. The second-order valence-electron chi connectivity index (χ2n) is 5.63. The number of rotatable bonds is 3. The lowest BCUT2D eigenvalue weighted by molar-refractivity contribution is 0.629. The number of para-hydroxylation sites is 1. The van der Waals surface area contributed by atoms with Gasteiger partial charge in [0.05, 0.1) is 5.52 Å². The molecule has 1 N–H and O–H groups in total. The second-order valence-corrected chi connectivity index (χ2v) is 7.32. The van der Waals surface area contributed by atoms with Crippen LogP contribution >= 0.6 is 30.3 Å². The monoisotopic (exact) mass is 436 g/mol. The third kappa shape index (κ3) is 2.46. The Balaban J connectivity index is 1.87. The van der Waals surface area contributed by atoms with Crippen LogP contribution in [0, 0.1) is 12.7 Å². The number of benzene rings is 2. The van der Waals surface area contributed by atoms with Crippen molar-refractivity contribution in [2.24, 2.45) is 0 Å². The summed E-state index contributed by atoms with van der Waals surface area (Å²) in [6.45, 7) is 2.18. The summed E-state index contributed by atoms with van der Waals surface area (Å²) >= 11 is 2.33. The molecule has 0 bridgehead atoms. The highest BCUT2D eigenvalue weighted by atomic mass is 127. The molecule has 0 spiro atoms. The second kappa shape index (κ2) is 5.87. The van der Waals surface area contributed by atoms with Crippen LogP contribution in [-0.4, -0.2) is 8.96 Å². The molecule has 0 radical (unpaired) electrons. The van der Waals surface area contributed by atoms with Crippen molar-refractivity contribution in [1.82, 2.24) is 8.96 Å². The molecule has 4 rings (SSSR count). The highest BCUT2D eigenvalue weighted by molar-refractivity contribution is 14.2. The van der Waals surface area contributed by atoms with E-state index < -0.39 is 0 Å². The number of hydrogen-bond donors (Lipinski definition) is 1. The van der Waals surface area contributed by atoms with Crippen molar-refractivity contribution >= 4 is 52.1 Å². The van der Waals surface area contributed by atoms with Crippen molar-refractivity contribution in [2.75, 3.05) is 0 Å². The molecular formula is C18H14FIN2S. The fourth-order valence-corrected chi connectivity index (χ4v) is 5.06. The Morgan fingerprint density at radius 1 is 1.17 bits per heavy atom. The molecule has 0 unspecified atom stereocenters. The van der Waals surface area contributed by atoms with Crippen LogP contribution in [0.25, 0.3) is 21.8 Å². The van der Waals surface area contributed by atoms with Gasteiger partial charge >= 0.3 is 0 Å². The number of H-pyrrole nitrogens is 1. The van der Waals surface area contributed by atoms with Gasteiger partial charge in [0, 0.05) is 64.9 Å². The fourth-order valence-electron chi connectivity index (χ4n) is 3.19. The topological polar surface area (TPSA) is 20.7 Å². The van der Waals surface area contributed by atoms with Crippen LogP contribution in [0.4, 0.5) is 4.39 Å². The minimum Gasteiger partial charge on any atom is -0.361 e. The lowest BCUT2D eigenvalue weighted by Crippen LogP contribution is -1.96. The highest BCUT2D eigenvalue weighted by Gasteiger charge is 2.16. The van der Waals surface area contributed by atoms with Gasteiger partial charge in [-0.3, -0.25) is 3.97 Å². The van der Waals surface area contributed by atoms with Crippen LogP contribution in [0.15, 0.2) is 48.7 Å². The number of halogens is 2. The van der Waals surface area contributed by atoms with Gasteiger partial charge in [0.25, 0.3) is 0 Å². The van der Waals surface area contributed by atoms with Crippen molar-refractivity contribution in [2.45, 2.75) is 13.3 Å². The summed E-state index contributed by atoms with van der Waals surface area (Å²) in [5.41, 5.74) is 5.88. The molecule has 23 heavy (non-hydrogen) atoms. The van der Waals surface area contributed by atoms with E-state index in [-0.39, 0.29) is 5.82 Å². The first-order chi connectivity index (χ1) is 11.2. The predicted molar refractivity (Wildman–Crippen MR) is 105 cm³/mol. The van der Waals surface area contributed by atoms with Gasteiger partial charge in [-0.05, 0) is 42.3 Å². The average Bonchev–Trinajstić information content (AvgIpc) is 3.07. The largest absolute Gasteiger partial charge is 0.361 e. The third-order valence-corrected chi connectivity index (χ3v) is 6.10. The molecule has 5 heteroatoms. The number of aromatic amines is 1. The number of nitrogens with zero attached hydrogens (tertiary/aromatic N) is 1. The minimum atomic E-state index is -0.209. The maximum Gasteiger partial charge on any atom is 0.125 e. The molecule has 116 valence electrons. The van der Waals surface area contributed by atoms with Crippen molar-refractivity contribution < 1.29 is 4.39 Å². The zero-order valence-electron chi connectivity index (χ0n) is 12.4. The van der Waals surface area contributed by atoms with Gasteiger partial charge < -0.3 is 4.98 Å². The van der Waals surface area contributed by atoms with Crippen molar-refractivity contribution in [1.29, 1.82) is 0 Å². The molecule has 0 aliphatic heterocycles. The first-order valence-corrected chi connectivity index (χ1v) is 10.6. The zero-order valence-corrected chi connectivity index (χ0v) is 15.4. The van der Waals surface area contributed by atoms with Gasteiger partial charge in [0.15, 0.2) is 0 Å². The Morgan fingerprint density at radius 2 is 2.00 bits per heavy atom. The minimum absolute atomic E-state index is 0.209. The molecule has 0 aliphatic carbocycles. The Kier molecular flexibility index (Phi) is 3.85. The summed E-state index contributed by atoms with van der Waals surface area (Å²) in [5.74, 6) is -0.209. The van der Waals surface area contributed by atoms with E-state index in [1.807, 2.05) is 12.3 Å². The Morgan fingerprint density at radius 3 is 2.83 bits per heavy atom. The van der Waals surface area contributed by atoms with Crippen molar-refractivity contribution in [3.63, 3.8) is 0 Å². The first kappa shape index (κ1) is 15.1. The summed E-state index contributed by atoms with van der Waals surface area (Å²) in [5, 5.41) is 2.37. The summed E-state index contributed by atoms with van der Waals surface area (Å²) < 4.78 is 15.7. The maximum absolute atomic E-state index is 13.4. The first-order valence-electron chi connectivity index (χ1n) is 7.32. The molecule has 0 fully saturated rings. The van der Waals surface area contributed by atoms with Crippen LogP contribution in [0.1, 0.15) is 16.8 Å².